The number of hydrogen-bond donors (Lipinski definition) is 2. The van der Waals surface area contributed by atoms with Crippen LogP contribution in [0.2, 0.25) is 0 Å². The number of pyridine rings is 1. The van der Waals surface area contributed by atoms with E-state index in [2.05, 4.69) is 29.5 Å². The van der Waals surface area contributed by atoms with Crippen molar-refractivity contribution in [3.05, 3.63) is 84.1 Å². The fourth-order valence-corrected chi connectivity index (χ4v) is 2.52. The van der Waals surface area contributed by atoms with Crippen LogP contribution < -0.4 is 15.4 Å². The molecule has 2 aromatic carbocycles. The third kappa shape index (κ3) is 5.84. The molecule has 0 aliphatic rings. The first-order chi connectivity index (χ1) is 13.6. The van der Waals surface area contributed by atoms with Crippen molar-refractivity contribution in [2.45, 2.75) is 20.5 Å². The number of carbonyl (C=O) groups excluding carboxylic acids is 1. The minimum absolute atomic E-state index is 0.104. The van der Waals surface area contributed by atoms with Crippen LogP contribution in [0, 0.1) is 5.92 Å². The highest BCUT2D eigenvalue weighted by molar-refractivity contribution is 5.94. The summed E-state index contributed by atoms with van der Waals surface area (Å²) in [7, 11) is 0. The molecule has 0 saturated heterocycles. The molecule has 0 spiro atoms. The fraction of sp³-hybridized carbons (Fsp3) is 0.217. The van der Waals surface area contributed by atoms with Crippen LogP contribution >= 0.6 is 0 Å². The third-order valence-corrected chi connectivity index (χ3v) is 4.07. The van der Waals surface area contributed by atoms with E-state index in [1.54, 1.807) is 18.3 Å². The summed E-state index contributed by atoms with van der Waals surface area (Å²) in [6, 6.07) is 21.3. The summed E-state index contributed by atoms with van der Waals surface area (Å²) in [4.78, 5) is 16.4. The Balaban J connectivity index is 1.53. The quantitative estimate of drug-likeness (QED) is 0.594. The van der Waals surface area contributed by atoms with Crippen molar-refractivity contribution < 1.29 is 9.53 Å². The van der Waals surface area contributed by atoms with Crippen molar-refractivity contribution in [3.8, 4) is 5.75 Å². The van der Waals surface area contributed by atoms with Gasteiger partial charge in [-0.15, -0.1) is 0 Å². The van der Waals surface area contributed by atoms with Crippen LogP contribution in [0.15, 0.2) is 72.9 Å². The van der Waals surface area contributed by atoms with Gasteiger partial charge in [0.2, 0.25) is 0 Å². The maximum absolute atomic E-state index is 12.0. The molecular weight excluding hydrogens is 350 g/mol. The van der Waals surface area contributed by atoms with Gasteiger partial charge in [-0.3, -0.25) is 4.79 Å². The number of nitrogens with zero attached hydrogens (tertiary/aromatic N) is 1. The summed E-state index contributed by atoms with van der Waals surface area (Å²) in [6.07, 6.45) is 1.58. The number of aromatic nitrogens is 1. The van der Waals surface area contributed by atoms with E-state index < -0.39 is 0 Å². The summed E-state index contributed by atoms with van der Waals surface area (Å²) in [5.74, 6) is 1.79. The zero-order valence-corrected chi connectivity index (χ0v) is 16.2. The largest absolute Gasteiger partial charge is 0.489 e. The third-order valence-electron chi connectivity index (χ3n) is 4.07. The summed E-state index contributed by atoms with van der Waals surface area (Å²) in [5.41, 5.74) is 2.58. The number of rotatable bonds is 8. The van der Waals surface area contributed by atoms with Crippen molar-refractivity contribution in [2.24, 2.45) is 5.92 Å². The van der Waals surface area contributed by atoms with Gasteiger partial charge in [0.1, 0.15) is 18.2 Å². The smallest absolute Gasteiger partial charge is 0.252 e. The van der Waals surface area contributed by atoms with Gasteiger partial charge in [0.25, 0.3) is 5.91 Å². The van der Waals surface area contributed by atoms with Crippen LogP contribution in [0.1, 0.15) is 29.8 Å². The molecule has 0 aliphatic heterocycles. The lowest BCUT2D eigenvalue weighted by molar-refractivity contribution is 0.0948. The Morgan fingerprint density at radius 1 is 1.00 bits per heavy atom. The number of carbonyl (C=O) groups is 1. The topological polar surface area (TPSA) is 63.2 Å². The lowest BCUT2D eigenvalue weighted by Crippen LogP contribution is -2.27. The SMILES string of the molecule is CC(C)CNC(=O)c1ccc(Nc2ccc(OCc3ccccc3)cc2)nc1. The molecule has 28 heavy (non-hydrogen) atoms. The van der Waals surface area contributed by atoms with Crippen LogP contribution in [0.3, 0.4) is 0 Å². The Morgan fingerprint density at radius 3 is 2.39 bits per heavy atom. The zero-order chi connectivity index (χ0) is 19.8. The number of amides is 1. The van der Waals surface area contributed by atoms with Gasteiger partial charge in [-0.25, -0.2) is 4.98 Å². The molecule has 0 atom stereocenters. The molecule has 3 aromatic rings. The summed E-state index contributed by atoms with van der Waals surface area (Å²) < 4.78 is 5.79. The minimum Gasteiger partial charge on any atom is -0.489 e. The van der Waals surface area contributed by atoms with Crippen LogP contribution in [0.5, 0.6) is 5.75 Å². The van der Waals surface area contributed by atoms with E-state index in [0.717, 1.165) is 17.0 Å². The molecule has 0 aliphatic carbocycles. The highest BCUT2D eigenvalue weighted by Gasteiger charge is 2.07. The van der Waals surface area contributed by atoms with Gasteiger partial charge >= 0.3 is 0 Å². The predicted octanol–water partition coefficient (Wildman–Crippen LogP) is 4.79. The average molecular weight is 375 g/mol. The van der Waals surface area contributed by atoms with E-state index in [4.69, 9.17) is 4.74 Å². The van der Waals surface area contributed by atoms with Gasteiger partial charge in [0, 0.05) is 18.4 Å². The molecule has 3 rings (SSSR count). The van der Waals surface area contributed by atoms with Gasteiger partial charge in [0.05, 0.1) is 5.56 Å². The number of benzene rings is 2. The van der Waals surface area contributed by atoms with Gasteiger partial charge in [-0.2, -0.15) is 0 Å². The van der Waals surface area contributed by atoms with Crippen molar-refractivity contribution in [1.82, 2.24) is 10.3 Å². The monoisotopic (exact) mass is 375 g/mol. The second-order valence-corrected chi connectivity index (χ2v) is 6.96. The number of nitrogens with one attached hydrogen (secondary N) is 2. The first-order valence-corrected chi connectivity index (χ1v) is 9.38. The first-order valence-electron chi connectivity index (χ1n) is 9.38. The second-order valence-electron chi connectivity index (χ2n) is 6.96. The molecule has 0 unspecified atom stereocenters. The standard InChI is InChI=1S/C23H25N3O2/c1-17(2)14-25-23(27)19-8-13-22(24-15-19)26-20-9-11-21(12-10-20)28-16-18-6-4-3-5-7-18/h3-13,15,17H,14,16H2,1-2H3,(H,24,26)(H,25,27). The molecule has 1 aromatic heterocycles. The molecular formula is C23H25N3O2. The van der Waals surface area contributed by atoms with E-state index in [1.165, 1.54) is 0 Å². The van der Waals surface area contributed by atoms with Crippen LogP contribution in [-0.4, -0.2) is 17.4 Å². The Morgan fingerprint density at radius 2 is 1.75 bits per heavy atom. The van der Waals surface area contributed by atoms with E-state index in [0.29, 0.717) is 30.5 Å². The second kappa shape index (κ2) is 9.55. The van der Waals surface area contributed by atoms with Crippen molar-refractivity contribution in [1.29, 1.82) is 0 Å². The normalized spacial score (nSPS) is 10.5. The molecule has 2 N–H and O–H groups in total. The predicted molar refractivity (Wildman–Crippen MR) is 112 cm³/mol. The molecule has 0 bridgehead atoms. The van der Waals surface area contributed by atoms with Crippen LogP contribution in [0.4, 0.5) is 11.5 Å². The molecule has 1 heterocycles. The van der Waals surface area contributed by atoms with Gasteiger partial charge in [0.15, 0.2) is 0 Å². The molecule has 5 nitrogen and oxygen atoms in total. The molecule has 144 valence electrons. The summed E-state index contributed by atoms with van der Waals surface area (Å²) in [5, 5.41) is 6.11. The van der Waals surface area contributed by atoms with Gasteiger partial charge < -0.3 is 15.4 Å². The van der Waals surface area contributed by atoms with Crippen molar-refractivity contribution in [3.63, 3.8) is 0 Å². The summed E-state index contributed by atoms with van der Waals surface area (Å²) >= 11 is 0. The summed E-state index contributed by atoms with van der Waals surface area (Å²) in [6.45, 7) is 5.31. The molecule has 0 fully saturated rings. The Kier molecular flexibility index (Phi) is 6.63. The highest BCUT2D eigenvalue weighted by Crippen LogP contribution is 2.20. The molecule has 5 heteroatoms. The van der Waals surface area contributed by atoms with Crippen LogP contribution in [0.25, 0.3) is 0 Å². The average Bonchev–Trinajstić information content (AvgIpc) is 2.73. The molecule has 1 amide bonds. The van der Waals surface area contributed by atoms with E-state index >= 15 is 0 Å². The Hall–Kier alpha value is -3.34. The fourth-order valence-electron chi connectivity index (χ4n) is 2.52. The van der Waals surface area contributed by atoms with E-state index in [1.807, 2.05) is 54.6 Å². The molecule has 0 saturated carbocycles. The maximum atomic E-state index is 12.0. The first kappa shape index (κ1) is 19.4. The van der Waals surface area contributed by atoms with Crippen molar-refractivity contribution >= 4 is 17.4 Å². The number of ether oxygens (including phenoxy) is 1. The van der Waals surface area contributed by atoms with E-state index in [-0.39, 0.29) is 5.91 Å². The Labute approximate surface area is 165 Å². The molecule has 0 radical (unpaired) electrons. The number of anilines is 2. The maximum Gasteiger partial charge on any atom is 0.252 e. The number of hydrogen-bond acceptors (Lipinski definition) is 4. The van der Waals surface area contributed by atoms with Gasteiger partial charge in [-0.1, -0.05) is 44.2 Å². The van der Waals surface area contributed by atoms with Gasteiger partial charge in [-0.05, 0) is 47.9 Å². The minimum atomic E-state index is -0.104. The lowest BCUT2D eigenvalue weighted by Gasteiger charge is -2.10. The van der Waals surface area contributed by atoms with E-state index in [9.17, 15) is 4.79 Å². The van der Waals surface area contributed by atoms with Crippen LogP contribution in [-0.2, 0) is 6.61 Å². The lowest BCUT2D eigenvalue weighted by atomic mass is 10.2. The zero-order valence-electron chi connectivity index (χ0n) is 16.2. The Bertz CT molecular complexity index is 876. The highest BCUT2D eigenvalue weighted by atomic mass is 16.5. The van der Waals surface area contributed by atoms with Crippen molar-refractivity contribution in [2.75, 3.05) is 11.9 Å².